The van der Waals surface area contributed by atoms with Crippen LogP contribution in [0.2, 0.25) is 0 Å². The van der Waals surface area contributed by atoms with Crippen molar-refractivity contribution in [3.63, 3.8) is 0 Å². The van der Waals surface area contributed by atoms with Crippen LogP contribution in [0.15, 0.2) is 35.9 Å². The minimum absolute atomic E-state index is 0.00306. The molecule has 1 aromatic heterocycles. The van der Waals surface area contributed by atoms with Crippen LogP contribution >= 0.6 is 0 Å². The molecule has 0 bridgehead atoms. The lowest BCUT2D eigenvalue weighted by molar-refractivity contribution is -0.112. The summed E-state index contributed by atoms with van der Waals surface area (Å²) in [5, 5.41) is 12.0. The summed E-state index contributed by atoms with van der Waals surface area (Å²) in [5.74, 6) is -0.907. The van der Waals surface area contributed by atoms with Crippen LogP contribution in [-0.4, -0.2) is 23.2 Å². The number of amides is 1. The summed E-state index contributed by atoms with van der Waals surface area (Å²) in [6, 6.07) is 9.33. The van der Waals surface area contributed by atoms with E-state index in [1.165, 1.54) is 24.3 Å². The van der Waals surface area contributed by atoms with Gasteiger partial charge in [-0.25, -0.2) is 4.39 Å². The number of rotatable bonds is 5. The van der Waals surface area contributed by atoms with Crippen molar-refractivity contribution in [1.29, 1.82) is 5.26 Å². The van der Waals surface area contributed by atoms with Gasteiger partial charge in [-0.15, -0.1) is 0 Å². The minimum atomic E-state index is -0.520. The van der Waals surface area contributed by atoms with Crippen molar-refractivity contribution in [1.82, 2.24) is 4.57 Å². The lowest BCUT2D eigenvalue weighted by Gasteiger charge is -2.14. The van der Waals surface area contributed by atoms with Gasteiger partial charge in [-0.3, -0.25) is 4.79 Å². The molecule has 140 valence electrons. The van der Waals surface area contributed by atoms with Crippen molar-refractivity contribution >= 4 is 17.7 Å². The summed E-state index contributed by atoms with van der Waals surface area (Å²) in [6.45, 7) is 5.55. The highest BCUT2D eigenvalue weighted by Gasteiger charge is 2.19. The minimum Gasteiger partial charge on any atom is -0.376 e. The molecule has 0 unspecified atom stereocenters. The third kappa shape index (κ3) is 4.44. The van der Waals surface area contributed by atoms with Crippen LogP contribution in [0.1, 0.15) is 29.8 Å². The normalized spacial score (nSPS) is 17.0. The van der Waals surface area contributed by atoms with Crippen LogP contribution in [0.4, 0.5) is 10.1 Å². The third-order valence-electron chi connectivity index (χ3n) is 4.79. The topological polar surface area (TPSA) is 67.0 Å². The Labute approximate surface area is 158 Å². The molecule has 0 spiro atoms. The van der Waals surface area contributed by atoms with E-state index < -0.39 is 5.91 Å². The van der Waals surface area contributed by atoms with E-state index in [-0.39, 0.29) is 17.5 Å². The van der Waals surface area contributed by atoms with E-state index in [2.05, 4.69) is 9.88 Å². The van der Waals surface area contributed by atoms with Crippen molar-refractivity contribution in [3.8, 4) is 6.07 Å². The fourth-order valence-corrected chi connectivity index (χ4v) is 3.28. The van der Waals surface area contributed by atoms with E-state index in [0.29, 0.717) is 5.69 Å². The number of nitrogens with one attached hydrogen (secondary N) is 1. The number of nitriles is 1. The van der Waals surface area contributed by atoms with Gasteiger partial charge >= 0.3 is 0 Å². The zero-order valence-corrected chi connectivity index (χ0v) is 15.5. The monoisotopic (exact) mass is 367 g/mol. The maximum Gasteiger partial charge on any atom is 0.266 e. The fraction of sp³-hybridized carbons (Fsp3) is 0.333. The maximum atomic E-state index is 13.0. The largest absolute Gasteiger partial charge is 0.376 e. The first-order valence-corrected chi connectivity index (χ1v) is 8.95. The second-order valence-corrected chi connectivity index (χ2v) is 6.70. The standard InChI is InChI=1S/C21H22FN3O2/c1-14-10-16(15(2)25(14)13-20-4-3-9-27-20)11-17(12-23)21(26)24-19-7-5-18(22)6-8-19/h5-8,10-11,20H,3-4,9,13H2,1-2H3,(H,24,26)/b17-11+/t20-/m1/s1. The Hall–Kier alpha value is -2.91. The Morgan fingerprint density at radius 2 is 2.15 bits per heavy atom. The number of aryl methyl sites for hydroxylation is 1. The molecule has 0 radical (unpaired) electrons. The number of ether oxygens (including phenoxy) is 1. The van der Waals surface area contributed by atoms with Gasteiger partial charge in [0.2, 0.25) is 0 Å². The molecule has 3 rings (SSSR count). The number of hydrogen-bond donors (Lipinski definition) is 1. The second kappa shape index (κ2) is 8.19. The van der Waals surface area contributed by atoms with Gasteiger partial charge in [0.25, 0.3) is 5.91 Å². The summed E-state index contributed by atoms with van der Waals surface area (Å²) < 4.78 is 20.9. The summed E-state index contributed by atoms with van der Waals surface area (Å²) in [5.41, 5.74) is 3.32. The van der Waals surface area contributed by atoms with E-state index in [1.807, 2.05) is 26.0 Å². The predicted molar refractivity (Wildman–Crippen MR) is 101 cm³/mol. The Bertz CT molecular complexity index is 901. The fourth-order valence-electron chi connectivity index (χ4n) is 3.28. The third-order valence-corrected chi connectivity index (χ3v) is 4.79. The van der Waals surface area contributed by atoms with E-state index in [1.54, 1.807) is 6.08 Å². The molecule has 1 aromatic carbocycles. The highest BCUT2D eigenvalue weighted by Crippen LogP contribution is 2.22. The van der Waals surface area contributed by atoms with Crippen molar-refractivity contribution in [2.45, 2.75) is 39.3 Å². The Kier molecular flexibility index (Phi) is 5.72. The summed E-state index contributed by atoms with van der Waals surface area (Å²) in [7, 11) is 0. The van der Waals surface area contributed by atoms with Crippen molar-refractivity contribution in [3.05, 3.63) is 58.7 Å². The van der Waals surface area contributed by atoms with Crippen molar-refractivity contribution in [2.24, 2.45) is 0 Å². The molecule has 2 aromatic rings. The van der Waals surface area contributed by atoms with E-state index in [0.717, 1.165) is 42.9 Å². The van der Waals surface area contributed by atoms with E-state index in [4.69, 9.17) is 4.74 Å². The Morgan fingerprint density at radius 1 is 1.41 bits per heavy atom. The molecule has 1 fully saturated rings. The molecule has 6 heteroatoms. The average molecular weight is 367 g/mol. The zero-order valence-electron chi connectivity index (χ0n) is 15.5. The van der Waals surface area contributed by atoms with Crippen LogP contribution in [0.25, 0.3) is 6.08 Å². The molecule has 1 amide bonds. The second-order valence-electron chi connectivity index (χ2n) is 6.70. The summed E-state index contributed by atoms with van der Waals surface area (Å²) in [4.78, 5) is 12.4. The lowest BCUT2D eigenvalue weighted by atomic mass is 10.1. The van der Waals surface area contributed by atoms with Crippen LogP contribution in [0.5, 0.6) is 0 Å². The summed E-state index contributed by atoms with van der Waals surface area (Å²) in [6.07, 6.45) is 3.93. The van der Waals surface area contributed by atoms with Gasteiger partial charge in [-0.05, 0) is 68.7 Å². The van der Waals surface area contributed by atoms with Crippen LogP contribution in [0.3, 0.4) is 0 Å². The number of anilines is 1. The molecule has 1 N–H and O–H groups in total. The lowest BCUT2D eigenvalue weighted by Crippen LogP contribution is -2.17. The number of carbonyl (C=O) groups excluding carboxylic acids is 1. The van der Waals surface area contributed by atoms with Gasteiger partial charge in [0, 0.05) is 30.2 Å². The smallest absolute Gasteiger partial charge is 0.266 e. The van der Waals surface area contributed by atoms with Gasteiger partial charge in [-0.1, -0.05) is 0 Å². The number of benzene rings is 1. The van der Waals surface area contributed by atoms with Gasteiger partial charge in [0.15, 0.2) is 0 Å². The van der Waals surface area contributed by atoms with Crippen LogP contribution in [0, 0.1) is 31.0 Å². The molecule has 1 atom stereocenters. The van der Waals surface area contributed by atoms with Gasteiger partial charge in [0.05, 0.1) is 6.10 Å². The van der Waals surface area contributed by atoms with Crippen LogP contribution in [-0.2, 0) is 16.1 Å². The molecule has 0 aliphatic carbocycles. The maximum absolute atomic E-state index is 13.0. The molecule has 27 heavy (non-hydrogen) atoms. The molecule has 0 saturated carbocycles. The zero-order chi connectivity index (χ0) is 19.4. The predicted octanol–water partition coefficient (Wildman–Crippen LogP) is 3.97. The SMILES string of the molecule is Cc1cc(/C=C(\C#N)C(=O)Nc2ccc(F)cc2)c(C)n1C[C@H]1CCCO1. The molecule has 2 heterocycles. The first-order valence-electron chi connectivity index (χ1n) is 8.95. The van der Waals surface area contributed by atoms with Gasteiger partial charge in [-0.2, -0.15) is 5.26 Å². The number of hydrogen-bond acceptors (Lipinski definition) is 3. The Balaban J connectivity index is 1.79. The van der Waals surface area contributed by atoms with Gasteiger partial charge < -0.3 is 14.6 Å². The molecular formula is C21H22FN3O2. The average Bonchev–Trinajstić information content (AvgIpc) is 3.25. The molecule has 1 saturated heterocycles. The summed E-state index contributed by atoms with van der Waals surface area (Å²) >= 11 is 0. The quantitative estimate of drug-likeness (QED) is 0.642. The van der Waals surface area contributed by atoms with Gasteiger partial charge in [0.1, 0.15) is 17.5 Å². The first kappa shape index (κ1) is 18.9. The highest BCUT2D eigenvalue weighted by molar-refractivity contribution is 6.09. The molecular weight excluding hydrogens is 345 g/mol. The van der Waals surface area contributed by atoms with Crippen molar-refractivity contribution < 1.29 is 13.9 Å². The number of aromatic nitrogens is 1. The first-order chi connectivity index (χ1) is 13.0. The molecule has 1 aliphatic heterocycles. The molecule has 5 nitrogen and oxygen atoms in total. The number of nitrogens with zero attached hydrogens (tertiary/aromatic N) is 2. The van der Waals surface area contributed by atoms with E-state index >= 15 is 0 Å². The van der Waals surface area contributed by atoms with Crippen LogP contribution < -0.4 is 5.32 Å². The number of halogens is 1. The highest BCUT2D eigenvalue weighted by atomic mass is 19.1. The number of carbonyl (C=O) groups is 1. The van der Waals surface area contributed by atoms with Crippen molar-refractivity contribution in [2.75, 3.05) is 11.9 Å². The Morgan fingerprint density at radius 3 is 2.78 bits per heavy atom. The molecule has 1 aliphatic rings. The van der Waals surface area contributed by atoms with E-state index in [9.17, 15) is 14.4 Å².